The summed E-state index contributed by atoms with van der Waals surface area (Å²) in [6, 6.07) is 6.09. The fourth-order valence-corrected chi connectivity index (χ4v) is 1.67. The van der Waals surface area contributed by atoms with Gasteiger partial charge in [0.1, 0.15) is 5.82 Å². The molecular weight excluding hydrogens is 247 g/mol. The van der Waals surface area contributed by atoms with Crippen LogP contribution in [0.2, 0.25) is 0 Å². The molecule has 7 heteroatoms. The van der Waals surface area contributed by atoms with Gasteiger partial charge in [-0.3, -0.25) is 0 Å². The molecule has 0 aliphatic carbocycles. The minimum atomic E-state index is -0.274. The predicted octanol–water partition coefficient (Wildman–Crippen LogP) is 1.68. The monoisotopic (exact) mass is 258 g/mol. The molecule has 0 bridgehead atoms. The molecule has 0 saturated carbocycles. The summed E-state index contributed by atoms with van der Waals surface area (Å²) in [5.74, 6) is 0.249. The molecule has 0 amide bonds. The first-order valence-electron chi connectivity index (χ1n) is 5.85. The lowest BCUT2D eigenvalue weighted by molar-refractivity contribution is 0.553. The van der Waals surface area contributed by atoms with Crippen molar-refractivity contribution in [3.8, 4) is 17.1 Å². The van der Waals surface area contributed by atoms with E-state index in [1.165, 1.54) is 16.9 Å². The summed E-state index contributed by atoms with van der Waals surface area (Å²) in [7, 11) is 0. The molecule has 0 N–H and O–H groups in total. The van der Waals surface area contributed by atoms with Crippen molar-refractivity contribution in [2.75, 3.05) is 0 Å². The van der Waals surface area contributed by atoms with E-state index in [0.29, 0.717) is 12.4 Å². The molecule has 0 atom stereocenters. The normalized spacial score (nSPS) is 10.8. The van der Waals surface area contributed by atoms with Gasteiger partial charge in [0, 0.05) is 6.20 Å². The number of aromatic nitrogens is 6. The van der Waals surface area contributed by atoms with Crippen molar-refractivity contribution in [3.05, 3.63) is 42.5 Å². The van der Waals surface area contributed by atoms with Gasteiger partial charge < -0.3 is 0 Å². The fraction of sp³-hybridized carbons (Fsp3) is 0.167. The van der Waals surface area contributed by atoms with Crippen molar-refractivity contribution < 1.29 is 4.39 Å². The zero-order valence-corrected chi connectivity index (χ0v) is 10.2. The SMILES string of the molecule is CCn1nnc(-c2cnn(-c3ccc(F)cc3)c2)n1. The summed E-state index contributed by atoms with van der Waals surface area (Å²) >= 11 is 0. The average molecular weight is 258 g/mol. The Kier molecular flexibility index (Phi) is 2.79. The standard InChI is InChI=1S/C12H11FN6/c1-2-19-16-12(15-17-19)9-7-14-18(8-9)11-5-3-10(13)4-6-11/h3-8H,2H2,1H3. The third-order valence-corrected chi connectivity index (χ3v) is 2.67. The van der Waals surface area contributed by atoms with Gasteiger partial charge in [-0.2, -0.15) is 9.90 Å². The van der Waals surface area contributed by atoms with E-state index in [1.807, 2.05) is 6.92 Å². The van der Waals surface area contributed by atoms with Crippen molar-refractivity contribution in [2.24, 2.45) is 0 Å². The number of hydrogen-bond acceptors (Lipinski definition) is 4. The molecule has 0 fully saturated rings. The number of tetrazole rings is 1. The Morgan fingerprint density at radius 3 is 2.68 bits per heavy atom. The van der Waals surface area contributed by atoms with Crippen molar-refractivity contribution in [2.45, 2.75) is 13.5 Å². The summed E-state index contributed by atoms with van der Waals surface area (Å²) in [5.41, 5.74) is 1.54. The zero-order chi connectivity index (χ0) is 13.2. The molecule has 2 heterocycles. The summed E-state index contributed by atoms with van der Waals surface area (Å²) in [6.07, 6.45) is 3.44. The van der Waals surface area contributed by atoms with Gasteiger partial charge in [-0.1, -0.05) is 0 Å². The molecule has 0 aliphatic rings. The van der Waals surface area contributed by atoms with E-state index in [1.54, 1.807) is 29.2 Å². The molecule has 0 saturated heterocycles. The highest BCUT2D eigenvalue weighted by molar-refractivity contribution is 5.52. The highest BCUT2D eigenvalue weighted by Gasteiger charge is 2.08. The van der Waals surface area contributed by atoms with Crippen LogP contribution in [0, 0.1) is 5.82 Å². The van der Waals surface area contributed by atoms with E-state index in [4.69, 9.17) is 0 Å². The van der Waals surface area contributed by atoms with Crippen LogP contribution in [0.3, 0.4) is 0 Å². The van der Waals surface area contributed by atoms with Gasteiger partial charge in [0.2, 0.25) is 5.82 Å². The second-order valence-corrected chi connectivity index (χ2v) is 3.95. The van der Waals surface area contributed by atoms with Crippen molar-refractivity contribution >= 4 is 0 Å². The maximum atomic E-state index is 12.9. The quantitative estimate of drug-likeness (QED) is 0.717. The highest BCUT2D eigenvalue weighted by Crippen LogP contribution is 2.15. The van der Waals surface area contributed by atoms with Gasteiger partial charge in [0.15, 0.2) is 0 Å². The van der Waals surface area contributed by atoms with Crippen molar-refractivity contribution in [1.82, 2.24) is 30.0 Å². The molecule has 1 aromatic carbocycles. The first-order chi connectivity index (χ1) is 9.26. The summed E-state index contributed by atoms with van der Waals surface area (Å²) in [6.45, 7) is 2.60. The molecule has 19 heavy (non-hydrogen) atoms. The molecule has 96 valence electrons. The van der Waals surface area contributed by atoms with Crippen LogP contribution in [0.25, 0.3) is 17.1 Å². The van der Waals surface area contributed by atoms with Crippen LogP contribution in [0.5, 0.6) is 0 Å². The van der Waals surface area contributed by atoms with Gasteiger partial charge in [-0.25, -0.2) is 9.07 Å². The molecule has 0 spiro atoms. The Hall–Kier alpha value is -2.57. The number of benzene rings is 1. The Balaban J connectivity index is 1.92. The Bertz CT molecular complexity index is 684. The van der Waals surface area contributed by atoms with E-state index in [-0.39, 0.29) is 5.82 Å². The topological polar surface area (TPSA) is 61.4 Å². The van der Waals surface area contributed by atoms with Crippen LogP contribution < -0.4 is 0 Å². The van der Waals surface area contributed by atoms with Gasteiger partial charge in [-0.05, 0) is 36.4 Å². The minimum absolute atomic E-state index is 0.274. The molecule has 3 rings (SSSR count). The van der Waals surface area contributed by atoms with Gasteiger partial charge in [0.05, 0.1) is 24.0 Å². The molecular formula is C12H11FN6. The Labute approximate surface area is 108 Å². The third kappa shape index (κ3) is 2.22. The lowest BCUT2D eigenvalue weighted by Gasteiger charge is -1.99. The van der Waals surface area contributed by atoms with E-state index >= 15 is 0 Å². The van der Waals surface area contributed by atoms with Crippen LogP contribution >= 0.6 is 0 Å². The number of hydrogen-bond donors (Lipinski definition) is 0. The Morgan fingerprint density at radius 1 is 1.21 bits per heavy atom. The number of halogens is 1. The average Bonchev–Trinajstić information content (AvgIpc) is 3.08. The molecule has 2 aromatic heterocycles. The van der Waals surface area contributed by atoms with Crippen LogP contribution in [0.1, 0.15) is 6.92 Å². The van der Waals surface area contributed by atoms with Crippen LogP contribution in [0.15, 0.2) is 36.7 Å². The summed E-state index contributed by atoms with van der Waals surface area (Å²) in [4.78, 5) is 1.50. The molecule has 0 unspecified atom stereocenters. The van der Waals surface area contributed by atoms with Crippen LogP contribution in [-0.2, 0) is 6.54 Å². The van der Waals surface area contributed by atoms with Crippen LogP contribution in [-0.4, -0.2) is 30.0 Å². The third-order valence-electron chi connectivity index (χ3n) is 2.67. The second kappa shape index (κ2) is 4.60. The van der Waals surface area contributed by atoms with Crippen LogP contribution in [0.4, 0.5) is 4.39 Å². The maximum absolute atomic E-state index is 12.9. The van der Waals surface area contributed by atoms with E-state index in [0.717, 1.165) is 11.3 Å². The van der Waals surface area contributed by atoms with Gasteiger partial charge in [0.25, 0.3) is 0 Å². The highest BCUT2D eigenvalue weighted by atomic mass is 19.1. The number of nitrogens with zero attached hydrogens (tertiary/aromatic N) is 6. The molecule has 3 aromatic rings. The van der Waals surface area contributed by atoms with E-state index < -0.39 is 0 Å². The Morgan fingerprint density at radius 2 is 2.00 bits per heavy atom. The number of rotatable bonds is 3. The summed E-state index contributed by atoms with van der Waals surface area (Å²) in [5, 5.41) is 16.2. The smallest absolute Gasteiger partial charge is 0.208 e. The predicted molar refractivity (Wildman–Crippen MR) is 66.0 cm³/mol. The minimum Gasteiger partial charge on any atom is -0.240 e. The van der Waals surface area contributed by atoms with E-state index in [9.17, 15) is 4.39 Å². The number of aryl methyl sites for hydroxylation is 1. The lowest BCUT2D eigenvalue weighted by atomic mass is 10.3. The maximum Gasteiger partial charge on any atom is 0.208 e. The first kappa shape index (κ1) is 11.5. The van der Waals surface area contributed by atoms with Crippen molar-refractivity contribution in [3.63, 3.8) is 0 Å². The van der Waals surface area contributed by atoms with E-state index in [2.05, 4.69) is 20.5 Å². The first-order valence-corrected chi connectivity index (χ1v) is 5.85. The largest absolute Gasteiger partial charge is 0.240 e. The second-order valence-electron chi connectivity index (χ2n) is 3.95. The van der Waals surface area contributed by atoms with Crippen molar-refractivity contribution in [1.29, 1.82) is 0 Å². The fourth-order valence-electron chi connectivity index (χ4n) is 1.67. The van der Waals surface area contributed by atoms with Gasteiger partial charge >= 0.3 is 0 Å². The molecule has 6 nitrogen and oxygen atoms in total. The lowest BCUT2D eigenvalue weighted by Crippen LogP contribution is -1.98. The summed E-state index contributed by atoms with van der Waals surface area (Å²) < 4.78 is 14.5. The zero-order valence-electron chi connectivity index (χ0n) is 10.2. The molecule has 0 radical (unpaired) electrons. The molecule has 0 aliphatic heterocycles. The van der Waals surface area contributed by atoms with Gasteiger partial charge in [-0.15, -0.1) is 10.2 Å².